The van der Waals surface area contributed by atoms with Crippen molar-refractivity contribution < 1.29 is 4.92 Å². The van der Waals surface area contributed by atoms with Crippen LogP contribution < -0.4 is 0 Å². The molecule has 0 amide bonds. The maximum absolute atomic E-state index is 10.8. The van der Waals surface area contributed by atoms with Crippen LogP contribution in [0.3, 0.4) is 0 Å². The number of halogens is 2. The van der Waals surface area contributed by atoms with Crippen LogP contribution in [-0.2, 0) is 0 Å². The minimum absolute atomic E-state index is 0.0142. The molecule has 2 aliphatic rings. The lowest BCUT2D eigenvalue weighted by Gasteiger charge is -2.31. The third-order valence-electron chi connectivity index (χ3n) is 4.73. The normalized spacial score (nSPS) is 37.8. The maximum atomic E-state index is 10.8. The quantitative estimate of drug-likeness (QED) is 0.335. The Morgan fingerprint density at radius 3 is 2.19 bits per heavy atom. The standard InChI is InChI=1S/C15H20Cl2N2O2/c16-14-2-1-3-15(17)13(14)8-11(9-18)10-4-6-12(7-5-10)19(20)21/h8,10,12-15H,1-7H2/b11-8+. The lowest BCUT2D eigenvalue weighted by molar-refractivity contribution is -0.526. The van der Waals surface area contributed by atoms with Crippen molar-refractivity contribution in [3.05, 3.63) is 21.8 Å². The molecule has 0 spiro atoms. The smallest absolute Gasteiger partial charge is 0.213 e. The number of alkyl halides is 2. The largest absolute Gasteiger partial charge is 0.264 e. The number of rotatable bonds is 3. The van der Waals surface area contributed by atoms with Gasteiger partial charge >= 0.3 is 0 Å². The van der Waals surface area contributed by atoms with Crippen LogP contribution in [0, 0.1) is 33.3 Å². The summed E-state index contributed by atoms with van der Waals surface area (Å²) in [5.41, 5.74) is 0.722. The zero-order valence-corrected chi connectivity index (χ0v) is 13.4. The Hall–Kier alpha value is -0.790. The molecule has 0 aromatic heterocycles. The average Bonchev–Trinajstić information content (AvgIpc) is 2.47. The van der Waals surface area contributed by atoms with Gasteiger partial charge in [-0.25, -0.2) is 0 Å². The number of hydrogen-bond acceptors (Lipinski definition) is 3. The molecule has 4 nitrogen and oxygen atoms in total. The average molecular weight is 331 g/mol. The van der Waals surface area contributed by atoms with Crippen LogP contribution in [0.2, 0.25) is 0 Å². The SMILES string of the molecule is N#C/C(=C\C1C(Cl)CCCC1Cl)C1CCC([N+](=O)[O-])CC1. The molecule has 2 atom stereocenters. The van der Waals surface area contributed by atoms with E-state index in [1.807, 2.05) is 6.08 Å². The summed E-state index contributed by atoms with van der Waals surface area (Å²) < 4.78 is 0. The third kappa shape index (κ3) is 4.11. The molecule has 0 saturated heterocycles. The van der Waals surface area contributed by atoms with Gasteiger partial charge in [-0.3, -0.25) is 10.1 Å². The summed E-state index contributed by atoms with van der Waals surface area (Å²) in [5, 5.41) is 20.2. The minimum atomic E-state index is -0.447. The van der Waals surface area contributed by atoms with Crippen LogP contribution >= 0.6 is 23.2 Å². The van der Waals surface area contributed by atoms with E-state index in [1.54, 1.807) is 0 Å². The molecular formula is C15H20Cl2N2O2. The van der Waals surface area contributed by atoms with Crippen molar-refractivity contribution in [2.75, 3.05) is 0 Å². The van der Waals surface area contributed by atoms with Gasteiger partial charge in [0, 0.05) is 40.0 Å². The highest BCUT2D eigenvalue weighted by atomic mass is 35.5. The van der Waals surface area contributed by atoms with Gasteiger partial charge in [0.25, 0.3) is 0 Å². The first-order valence-electron chi connectivity index (χ1n) is 7.56. The van der Waals surface area contributed by atoms with Gasteiger partial charge in [-0.05, 0) is 31.6 Å². The van der Waals surface area contributed by atoms with Crippen LogP contribution in [0.5, 0.6) is 0 Å². The van der Waals surface area contributed by atoms with Gasteiger partial charge in [0.2, 0.25) is 6.04 Å². The summed E-state index contributed by atoms with van der Waals surface area (Å²) in [6.45, 7) is 0. The van der Waals surface area contributed by atoms with Crippen LogP contribution in [-0.4, -0.2) is 21.7 Å². The van der Waals surface area contributed by atoms with Crippen molar-refractivity contribution in [3.63, 3.8) is 0 Å². The van der Waals surface area contributed by atoms with Crippen LogP contribution in [0.4, 0.5) is 0 Å². The molecule has 0 aromatic rings. The Labute approximate surface area is 135 Å². The van der Waals surface area contributed by atoms with Crippen molar-refractivity contribution in [2.24, 2.45) is 11.8 Å². The summed E-state index contributed by atoms with van der Waals surface area (Å²) in [4.78, 5) is 10.6. The molecule has 0 heterocycles. The predicted octanol–water partition coefficient (Wildman–Crippen LogP) is 4.29. The molecule has 0 aromatic carbocycles. The van der Waals surface area contributed by atoms with Crippen LogP contribution in [0.1, 0.15) is 44.9 Å². The zero-order valence-electron chi connectivity index (χ0n) is 11.9. The highest BCUT2D eigenvalue weighted by Gasteiger charge is 2.33. The minimum Gasteiger partial charge on any atom is -0.264 e. The van der Waals surface area contributed by atoms with E-state index in [0.29, 0.717) is 25.7 Å². The molecule has 21 heavy (non-hydrogen) atoms. The second-order valence-corrected chi connectivity index (χ2v) is 7.19. The molecule has 0 N–H and O–H groups in total. The van der Waals surface area contributed by atoms with Crippen molar-refractivity contribution >= 4 is 23.2 Å². The fourth-order valence-corrected chi connectivity index (χ4v) is 4.28. The van der Waals surface area contributed by atoms with Crippen LogP contribution in [0.15, 0.2) is 11.6 Å². The molecule has 6 heteroatoms. The van der Waals surface area contributed by atoms with E-state index in [-0.39, 0.29) is 27.5 Å². The molecule has 116 valence electrons. The summed E-state index contributed by atoms with van der Waals surface area (Å²) in [6, 6.07) is 1.83. The lowest BCUT2D eigenvalue weighted by atomic mass is 9.79. The second kappa shape index (κ2) is 7.47. The second-order valence-electron chi connectivity index (χ2n) is 6.06. The highest BCUT2D eigenvalue weighted by Crippen LogP contribution is 2.37. The molecule has 0 radical (unpaired) electrons. The Morgan fingerprint density at radius 1 is 1.14 bits per heavy atom. The number of hydrogen-bond donors (Lipinski definition) is 0. The Balaban J connectivity index is 2.04. The van der Waals surface area contributed by atoms with Crippen molar-refractivity contribution in [3.8, 4) is 6.07 Å². The van der Waals surface area contributed by atoms with E-state index >= 15 is 0 Å². The van der Waals surface area contributed by atoms with E-state index in [4.69, 9.17) is 23.2 Å². The Bertz CT molecular complexity index is 443. The van der Waals surface area contributed by atoms with Gasteiger partial charge in [-0.1, -0.05) is 12.5 Å². The first-order valence-corrected chi connectivity index (χ1v) is 8.43. The maximum Gasteiger partial charge on any atom is 0.213 e. The van der Waals surface area contributed by atoms with Crippen molar-refractivity contribution in [1.82, 2.24) is 0 Å². The van der Waals surface area contributed by atoms with Crippen molar-refractivity contribution in [2.45, 2.75) is 61.7 Å². The van der Waals surface area contributed by atoms with Crippen LogP contribution in [0.25, 0.3) is 0 Å². The van der Waals surface area contributed by atoms with E-state index < -0.39 is 6.04 Å². The van der Waals surface area contributed by atoms with E-state index in [0.717, 1.165) is 24.8 Å². The van der Waals surface area contributed by atoms with Gasteiger partial charge in [0.15, 0.2) is 0 Å². The number of nitrogens with zero attached hydrogens (tertiary/aromatic N) is 2. The van der Waals surface area contributed by atoms with Gasteiger partial charge in [-0.2, -0.15) is 5.26 Å². The summed E-state index contributed by atoms with van der Waals surface area (Å²) in [6.07, 6.45) is 7.35. The molecule has 2 unspecified atom stereocenters. The molecule has 2 aliphatic carbocycles. The Kier molecular flexibility index (Phi) is 5.89. The van der Waals surface area contributed by atoms with E-state index in [2.05, 4.69) is 6.07 Å². The summed E-state index contributed by atoms with van der Waals surface area (Å²) in [7, 11) is 0. The first kappa shape index (κ1) is 16.6. The third-order valence-corrected chi connectivity index (χ3v) is 5.75. The zero-order chi connectivity index (χ0) is 15.4. The van der Waals surface area contributed by atoms with Gasteiger partial charge < -0.3 is 0 Å². The molecule has 2 saturated carbocycles. The molecule has 0 aliphatic heterocycles. The monoisotopic (exact) mass is 330 g/mol. The molecule has 2 rings (SSSR count). The molecule has 0 bridgehead atoms. The fourth-order valence-electron chi connectivity index (χ4n) is 3.40. The van der Waals surface area contributed by atoms with Gasteiger partial charge in [0.1, 0.15) is 0 Å². The summed E-state index contributed by atoms with van der Waals surface area (Å²) in [5.74, 6) is 0.158. The number of nitro groups is 1. The van der Waals surface area contributed by atoms with Crippen molar-refractivity contribution in [1.29, 1.82) is 5.26 Å². The highest BCUT2D eigenvalue weighted by molar-refractivity contribution is 6.24. The lowest BCUT2D eigenvalue weighted by Crippen LogP contribution is -2.30. The molecular weight excluding hydrogens is 311 g/mol. The predicted molar refractivity (Wildman–Crippen MR) is 83.1 cm³/mol. The molecule has 2 fully saturated rings. The van der Waals surface area contributed by atoms with E-state index in [1.165, 1.54) is 0 Å². The van der Waals surface area contributed by atoms with Gasteiger partial charge in [0.05, 0.1) is 6.07 Å². The number of allylic oxidation sites excluding steroid dienone is 2. The Morgan fingerprint density at radius 2 is 1.71 bits per heavy atom. The fraction of sp³-hybridized carbons (Fsp3) is 0.800. The number of nitriles is 1. The topological polar surface area (TPSA) is 66.9 Å². The van der Waals surface area contributed by atoms with Gasteiger partial charge in [-0.15, -0.1) is 23.2 Å². The van der Waals surface area contributed by atoms with E-state index in [9.17, 15) is 15.4 Å². The summed E-state index contributed by atoms with van der Waals surface area (Å²) >= 11 is 12.7. The first-order chi connectivity index (χ1) is 10.0.